The van der Waals surface area contributed by atoms with Gasteiger partial charge >= 0.3 is 0 Å². The highest BCUT2D eigenvalue weighted by Gasteiger charge is 1.90. The van der Waals surface area contributed by atoms with Crippen LogP contribution in [0.4, 0.5) is 11.6 Å². The molecule has 0 atom stereocenters. The summed E-state index contributed by atoms with van der Waals surface area (Å²) in [5.41, 5.74) is 5.31. The number of anilines is 2. The van der Waals surface area contributed by atoms with E-state index in [-0.39, 0.29) is 0 Å². The lowest BCUT2D eigenvalue weighted by molar-refractivity contribution is 1.05. The van der Waals surface area contributed by atoms with Gasteiger partial charge in [-0.3, -0.25) is 0 Å². The lowest BCUT2D eigenvalue weighted by Gasteiger charge is -1.97. The van der Waals surface area contributed by atoms with Gasteiger partial charge in [0.15, 0.2) is 5.82 Å². The quantitative estimate of drug-likeness (QED) is 0.618. The van der Waals surface area contributed by atoms with E-state index in [0.29, 0.717) is 5.82 Å². The molecular weight excluding hydrogens is 148 g/mol. The van der Waals surface area contributed by atoms with E-state index in [0.717, 1.165) is 5.82 Å². The van der Waals surface area contributed by atoms with Gasteiger partial charge in [0, 0.05) is 6.26 Å². The Kier molecular flexibility index (Phi) is 2.33. The molecule has 0 aliphatic carbocycles. The molecule has 1 heterocycles. The second kappa shape index (κ2) is 3.26. The number of rotatable bonds is 2. The van der Waals surface area contributed by atoms with Crippen LogP contribution in [0, 0.1) is 0 Å². The van der Waals surface area contributed by atoms with Crippen LogP contribution in [-0.4, -0.2) is 16.5 Å². The van der Waals surface area contributed by atoms with E-state index in [4.69, 9.17) is 5.73 Å². The van der Waals surface area contributed by atoms with Gasteiger partial charge in [0.25, 0.3) is 0 Å². The van der Waals surface area contributed by atoms with Crippen molar-refractivity contribution in [2.24, 2.45) is 0 Å². The van der Waals surface area contributed by atoms with E-state index >= 15 is 0 Å². The number of nitrogens with one attached hydrogen (secondary N) is 1. The second-order valence-corrected chi connectivity index (χ2v) is 2.26. The van der Waals surface area contributed by atoms with Crippen LogP contribution in [0.3, 0.4) is 0 Å². The molecule has 0 saturated carbocycles. The fourth-order valence-electron chi connectivity index (χ4n) is 0.502. The summed E-state index contributed by atoms with van der Waals surface area (Å²) in [7, 11) is 0. The first kappa shape index (κ1) is 7.14. The van der Waals surface area contributed by atoms with Crippen molar-refractivity contribution < 1.29 is 0 Å². The minimum atomic E-state index is 0.437. The van der Waals surface area contributed by atoms with E-state index < -0.39 is 0 Å². The van der Waals surface area contributed by atoms with Gasteiger partial charge in [-0.05, 0) is 12.1 Å². The van der Waals surface area contributed by atoms with Crippen LogP contribution >= 0.6 is 11.9 Å². The van der Waals surface area contributed by atoms with Crippen molar-refractivity contribution >= 4 is 23.6 Å². The minimum Gasteiger partial charge on any atom is -0.382 e. The van der Waals surface area contributed by atoms with E-state index in [1.807, 2.05) is 6.26 Å². The Morgan fingerprint density at radius 2 is 2.30 bits per heavy atom. The molecule has 0 aliphatic heterocycles. The Bertz CT molecular complexity index is 197. The van der Waals surface area contributed by atoms with Crippen molar-refractivity contribution in [3.8, 4) is 0 Å². The minimum absolute atomic E-state index is 0.437. The van der Waals surface area contributed by atoms with Gasteiger partial charge in [-0.15, -0.1) is 10.2 Å². The molecule has 3 N–H and O–H groups in total. The standard InChI is InChI=1S/C5H8N4S/c1-10-9-5-3-2-4(6)7-8-5/h2-3H,1H3,(H2,6,7)(H,8,9). The van der Waals surface area contributed by atoms with Crippen LogP contribution in [0.2, 0.25) is 0 Å². The van der Waals surface area contributed by atoms with E-state index in [2.05, 4.69) is 14.9 Å². The highest BCUT2D eigenvalue weighted by Crippen LogP contribution is 2.05. The van der Waals surface area contributed by atoms with Crippen molar-refractivity contribution in [2.75, 3.05) is 16.7 Å². The number of nitrogens with zero attached hydrogens (tertiary/aromatic N) is 2. The van der Waals surface area contributed by atoms with Gasteiger partial charge in [0.05, 0.1) is 0 Å². The molecule has 54 valence electrons. The maximum absolute atomic E-state index is 5.31. The summed E-state index contributed by atoms with van der Waals surface area (Å²) in [6.45, 7) is 0. The van der Waals surface area contributed by atoms with Crippen LogP contribution < -0.4 is 10.5 Å². The highest BCUT2D eigenvalue weighted by atomic mass is 32.2. The molecule has 0 aromatic carbocycles. The average Bonchev–Trinajstić information content (AvgIpc) is 1.95. The third-order valence-electron chi connectivity index (χ3n) is 0.892. The predicted molar refractivity (Wildman–Crippen MR) is 43.6 cm³/mol. The Morgan fingerprint density at radius 1 is 1.50 bits per heavy atom. The van der Waals surface area contributed by atoms with Gasteiger partial charge in [-0.1, -0.05) is 11.9 Å². The van der Waals surface area contributed by atoms with Crippen molar-refractivity contribution in [3.63, 3.8) is 0 Å². The van der Waals surface area contributed by atoms with Gasteiger partial charge in [0.2, 0.25) is 0 Å². The number of hydrogen-bond acceptors (Lipinski definition) is 5. The summed E-state index contributed by atoms with van der Waals surface area (Å²) in [5.74, 6) is 1.16. The second-order valence-electron chi connectivity index (χ2n) is 1.65. The topological polar surface area (TPSA) is 63.8 Å². The summed E-state index contributed by atoms with van der Waals surface area (Å²) in [6, 6.07) is 3.48. The number of hydrogen-bond donors (Lipinski definition) is 2. The number of nitrogen functional groups attached to an aromatic ring is 1. The summed E-state index contributed by atoms with van der Waals surface area (Å²) in [4.78, 5) is 0. The van der Waals surface area contributed by atoms with Crippen LogP contribution in [0.5, 0.6) is 0 Å². The molecule has 1 rings (SSSR count). The summed E-state index contributed by atoms with van der Waals surface area (Å²) >= 11 is 1.47. The van der Waals surface area contributed by atoms with Crippen molar-refractivity contribution in [1.29, 1.82) is 0 Å². The Hall–Kier alpha value is -0.970. The zero-order valence-electron chi connectivity index (χ0n) is 5.53. The molecule has 0 amide bonds. The highest BCUT2D eigenvalue weighted by molar-refractivity contribution is 7.99. The van der Waals surface area contributed by atoms with Gasteiger partial charge in [-0.2, -0.15) is 0 Å². The summed E-state index contributed by atoms with van der Waals surface area (Å²) < 4.78 is 2.92. The van der Waals surface area contributed by atoms with Gasteiger partial charge in [0.1, 0.15) is 5.82 Å². The monoisotopic (exact) mass is 156 g/mol. The van der Waals surface area contributed by atoms with Crippen molar-refractivity contribution in [3.05, 3.63) is 12.1 Å². The lowest BCUT2D eigenvalue weighted by Crippen LogP contribution is -1.95. The molecule has 10 heavy (non-hydrogen) atoms. The first-order valence-corrected chi connectivity index (χ1v) is 3.93. The molecule has 5 heteroatoms. The molecular formula is C5H8N4S. The van der Waals surface area contributed by atoms with E-state index in [1.165, 1.54) is 11.9 Å². The van der Waals surface area contributed by atoms with Gasteiger partial charge < -0.3 is 10.5 Å². The molecule has 0 radical (unpaired) electrons. The van der Waals surface area contributed by atoms with Crippen LogP contribution in [-0.2, 0) is 0 Å². The Labute approximate surface area is 63.4 Å². The lowest BCUT2D eigenvalue weighted by atomic mass is 10.5. The van der Waals surface area contributed by atoms with Crippen LogP contribution in [0.1, 0.15) is 0 Å². The van der Waals surface area contributed by atoms with Gasteiger partial charge in [-0.25, -0.2) is 0 Å². The summed E-state index contributed by atoms with van der Waals surface area (Å²) in [6.07, 6.45) is 1.91. The molecule has 0 spiro atoms. The SMILES string of the molecule is CSNc1ccc(N)nn1. The average molecular weight is 156 g/mol. The Balaban J connectivity index is 2.69. The molecule has 0 saturated heterocycles. The maximum atomic E-state index is 5.31. The largest absolute Gasteiger partial charge is 0.382 e. The molecule has 4 nitrogen and oxygen atoms in total. The Morgan fingerprint density at radius 3 is 2.80 bits per heavy atom. The fraction of sp³-hybridized carbons (Fsp3) is 0.200. The molecule has 0 aliphatic rings. The third kappa shape index (κ3) is 1.77. The van der Waals surface area contributed by atoms with Crippen LogP contribution in [0.25, 0.3) is 0 Å². The van der Waals surface area contributed by atoms with Crippen molar-refractivity contribution in [2.45, 2.75) is 0 Å². The van der Waals surface area contributed by atoms with E-state index in [9.17, 15) is 0 Å². The molecule has 0 bridgehead atoms. The fourth-order valence-corrected chi connectivity index (χ4v) is 0.820. The number of nitrogens with two attached hydrogens (primary N) is 1. The third-order valence-corrected chi connectivity index (χ3v) is 1.31. The van der Waals surface area contributed by atoms with Crippen LogP contribution in [0.15, 0.2) is 12.1 Å². The summed E-state index contributed by atoms with van der Waals surface area (Å²) in [5, 5.41) is 7.41. The molecule has 0 fully saturated rings. The first-order valence-electron chi connectivity index (χ1n) is 2.71. The number of aromatic nitrogens is 2. The predicted octanol–water partition coefficient (Wildman–Crippen LogP) is 0.749. The zero-order chi connectivity index (χ0) is 7.40. The van der Waals surface area contributed by atoms with Crippen molar-refractivity contribution in [1.82, 2.24) is 10.2 Å². The molecule has 0 unspecified atom stereocenters. The normalized spacial score (nSPS) is 9.30. The zero-order valence-corrected chi connectivity index (χ0v) is 6.35. The van der Waals surface area contributed by atoms with E-state index in [1.54, 1.807) is 12.1 Å². The smallest absolute Gasteiger partial charge is 0.158 e. The first-order chi connectivity index (χ1) is 4.83. The molecule has 1 aromatic heterocycles. The maximum Gasteiger partial charge on any atom is 0.158 e. The molecule has 1 aromatic rings.